The second-order valence-corrected chi connectivity index (χ2v) is 16.2. The number of nitrogens with one attached hydrogen (secondary N) is 2. The number of carbonyl (C=O) groups is 2. The molecular formula is C40H57FN4O6. The Kier molecular flexibility index (Phi) is 10.9. The number of allylic oxidation sites excluding steroid dienone is 2. The smallest absolute Gasteiger partial charge is 0.306 e. The van der Waals surface area contributed by atoms with Crippen LogP contribution in [0.4, 0.5) is 4.39 Å². The number of hydrogen-bond acceptors (Lipinski definition) is 10. The van der Waals surface area contributed by atoms with Crippen molar-refractivity contribution in [3.05, 3.63) is 53.5 Å². The lowest BCUT2D eigenvalue weighted by atomic mass is 9.62. The number of benzene rings is 1. The van der Waals surface area contributed by atoms with Crippen molar-refractivity contribution in [2.75, 3.05) is 14.1 Å². The SMILES string of the molecule is CC[C@H]1CCC[C@H](O[C@H]2CC[C@H](N(C)C)C(C)O2)[C@@H](C)C(=O)C2=C[C@H]3[C@@H]4CCC[C@H]4C(N4C=C(c5ccc(F)cc5)NN4)C(O)[C@H]3[C@@H]2CC(=O)O1. The summed E-state index contributed by atoms with van der Waals surface area (Å²) in [4.78, 5) is 30.6. The fourth-order valence-electron chi connectivity index (χ4n) is 10.4. The van der Waals surface area contributed by atoms with Gasteiger partial charge in [-0.1, -0.05) is 26.3 Å². The molecule has 10 nitrogen and oxygen atoms in total. The minimum Gasteiger partial charge on any atom is -0.462 e. The van der Waals surface area contributed by atoms with Crippen LogP contribution in [0.2, 0.25) is 0 Å². The van der Waals surface area contributed by atoms with Gasteiger partial charge >= 0.3 is 5.97 Å². The Morgan fingerprint density at radius 2 is 1.76 bits per heavy atom. The van der Waals surface area contributed by atoms with Gasteiger partial charge in [0.15, 0.2) is 12.1 Å². The maximum atomic E-state index is 14.7. The molecule has 3 N–H and O–H groups in total. The van der Waals surface area contributed by atoms with Crippen LogP contribution in [0.3, 0.4) is 0 Å². The maximum Gasteiger partial charge on any atom is 0.306 e. The van der Waals surface area contributed by atoms with Gasteiger partial charge in [0.05, 0.1) is 36.5 Å². The monoisotopic (exact) mass is 708 g/mol. The molecule has 13 atom stereocenters. The highest BCUT2D eigenvalue weighted by Gasteiger charge is 2.59. The highest BCUT2D eigenvalue weighted by atomic mass is 19.1. The van der Waals surface area contributed by atoms with Gasteiger partial charge in [0.2, 0.25) is 0 Å². The van der Waals surface area contributed by atoms with Crippen LogP contribution in [0.1, 0.15) is 90.5 Å². The number of fused-ring (bicyclic) bond motifs is 5. The number of esters is 1. The molecule has 0 bridgehead atoms. The first-order valence-corrected chi connectivity index (χ1v) is 19.4. The summed E-state index contributed by atoms with van der Waals surface area (Å²) in [6, 6.07) is 6.36. The number of aliphatic hydroxyl groups is 1. The summed E-state index contributed by atoms with van der Waals surface area (Å²) in [6.07, 6.45) is 10.0. The van der Waals surface area contributed by atoms with Crippen molar-refractivity contribution >= 4 is 17.4 Å². The normalized spacial score (nSPS) is 40.3. The molecule has 1 aromatic carbocycles. The molecule has 7 rings (SSSR count). The molecule has 51 heavy (non-hydrogen) atoms. The highest BCUT2D eigenvalue weighted by molar-refractivity contribution is 5.99. The van der Waals surface area contributed by atoms with Crippen molar-refractivity contribution in [1.29, 1.82) is 0 Å². The van der Waals surface area contributed by atoms with Crippen molar-refractivity contribution in [3.8, 4) is 0 Å². The maximum absolute atomic E-state index is 14.7. The molecule has 1 aromatic rings. The summed E-state index contributed by atoms with van der Waals surface area (Å²) in [6.45, 7) is 6.11. The topological polar surface area (TPSA) is 113 Å². The number of carbonyl (C=O) groups excluding carboxylic acids is 2. The summed E-state index contributed by atoms with van der Waals surface area (Å²) >= 11 is 0. The number of hydrogen-bond donors (Lipinski definition) is 3. The Bertz CT molecular complexity index is 1490. The molecule has 0 amide bonds. The Morgan fingerprint density at radius 1 is 1.02 bits per heavy atom. The van der Waals surface area contributed by atoms with Crippen LogP contribution < -0.4 is 11.0 Å². The van der Waals surface area contributed by atoms with E-state index >= 15 is 0 Å². The van der Waals surface area contributed by atoms with E-state index in [9.17, 15) is 19.1 Å². The predicted octanol–water partition coefficient (Wildman–Crippen LogP) is 5.34. The van der Waals surface area contributed by atoms with Crippen molar-refractivity contribution in [1.82, 2.24) is 20.9 Å². The fourth-order valence-corrected chi connectivity index (χ4v) is 10.4. The Morgan fingerprint density at radius 3 is 2.49 bits per heavy atom. The minimum atomic E-state index is -0.814. The molecule has 4 fully saturated rings. The number of nitrogens with zero attached hydrogens (tertiary/aromatic N) is 2. The van der Waals surface area contributed by atoms with Crippen molar-refractivity contribution in [2.24, 2.45) is 35.5 Å². The molecule has 3 aliphatic heterocycles. The number of rotatable bonds is 6. The van der Waals surface area contributed by atoms with Gasteiger partial charge in [-0.15, -0.1) is 5.53 Å². The number of cyclic esters (lactones) is 1. The molecule has 6 aliphatic rings. The number of hydrazine groups is 2. The zero-order valence-corrected chi connectivity index (χ0v) is 30.8. The third-order valence-electron chi connectivity index (χ3n) is 13.1. The van der Waals surface area contributed by atoms with E-state index in [0.29, 0.717) is 30.9 Å². The first kappa shape index (κ1) is 36.5. The number of ketones is 1. The van der Waals surface area contributed by atoms with Crippen LogP contribution in [-0.4, -0.2) is 83.7 Å². The van der Waals surface area contributed by atoms with Crippen molar-refractivity contribution in [2.45, 2.75) is 128 Å². The van der Waals surface area contributed by atoms with E-state index < -0.39 is 17.9 Å². The third kappa shape index (κ3) is 7.26. The quantitative estimate of drug-likeness (QED) is 0.335. The van der Waals surface area contributed by atoms with Crippen molar-refractivity contribution < 1.29 is 33.3 Å². The molecule has 0 radical (unpaired) electrons. The molecule has 2 saturated heterocycles. The number of ether oxygens (including phenoxy) is 3. The van der Waals surface area contributed by atoms with Gasteiger partial charge in [-0.05, 0) is 120 Å². The molecule has 0 aromatic heterocycles. The lowest BCUT2D eigenvalue weighted by Crippen LogP contribution is -2.60. The molecular weight excluding hydrogens is 651 g/mol. The fraction of sp³-hybridized carbons (Fsp3) is 0.700. The summed E-state index contributed by atoms with van der Waals surface area (Å²) in [7, 11) is 4.15. The second-order valence-electron chi connectivity index (χ2n) is 16.2. The van der Waals surface area contributed by atoms with Crippen LogP contribution >= 0.6 is 0 Å². The predicted molar refractivity (Wildman–Crippen MR) is 190 cm³/mol. The lowest BCUT2D eigenvalue weighted by Gasteiger charge is -2.49. The van der Waals surface area contributed by atoms with Gasteiger partial charge in [-0.2, -0.15) is 0 Å². The molecule has 3 heterocycles. The minimum absolute atomic E-state index is 0.00703. The third-order valence-corrected chi connectivity index (χ3v) is 13.1. The zero-order valence-electron chi connectivity index (χ0n) is 30.8. The Balaban J connectivity index is 1.17. The largest absolute Gasteiger partial charge is 0.462 e. The highest BCUT2D eigenvalue weighted by Crippen LogP contribution is 2.57. The Labute approximate surface area is 302 Å². The first-order chi connectivity index (χ1) is 24.5. The number of likely N-dealkylation sites (N-methyl/N-ethyl adjacent to an activating group) is 1. The molecule has 2 saturated carbocycles. The zero-order chi connectivity index (χ0) is 36.0. The molecule has 3 aliphatic carbocycles. The lowest BCUT2D eigenvalue weighted by molar-refractivity contribution is -0.231. The van der Waals surface area contributed by atoms with Gasteiger partial charge in [0, 0.05) is 35.6 Å². The van der Waals surface area contributed by atoms with E-state index in [4.69, 9.17) is 14.2 Å². The molecule has 0 spiro atoms. The van der Waals surface area contributed by atoms with Gasteiger partial charge in [0.1, 0.15) is 11.9 Å². The average molecular weight is 709 g/mol. The summed E-state index contributed by atoms with van der Waals surface area (Å²) < 4.78 is 32.8. The van der Waals surface area contributed by atoms with Gasteiger partial charge < -0.3 is 29.6 Å². The Hall–Kier alpha value is -2.83. The van der Waals surface area contributed by atoms with Crippen LogP contribution in [0, 0.1) is 41.3 Å². The standard InChI is InChI=1S/C40H57FN4O6/c1-6-26-9-7-12-34(51-36-18-17-33(44(4)5)23(3)49-36)22(2)39(47)31-19-29-27-10-8-11-28(27)38(40(48)37(29)30(31)20-35(46)50-26)45-21-32(42-43-45)24-13-15-25(41)16-14-24/h13-16,19,21-23,26-30,33-34,36-38,40,42-43,48H,6-12,17-18,20H2,1-5H3/t22-,23?,26+,27-,28-,29+,30-,33+,34+,36+,37-,38?,40?/m1/s1. The average Bonchev–Trinajstić information content (AvgIpc) is 3.86. The van der Waals surface area contributed by atoms with E-state index in [-0.39, 0.29) is 78.3 Å². The van der Waals surface area contributed by atoms with Crippen molar-refractivity contribution in [3.63, 3.8) is 0 Å². The first-order valence-electron chi connectivity index (χ1n) is 19.4. The van der Waals surface area contributed by atoms with E-state index in [1.54, 1.807) is 12.1 Å². The summed E-state index contributed by atoms with van der Waals surface area (Å²) in [5.41, 5.74) is 8.75. The number of halogens is 1. The molecule has 3 unspecified atom stereocenters. The summed E-state index contributed by atoms with van der Waals surface area (Å²) in [5.74, 6) is -1.36. The molecule has 11 heteroatoms. The van der Waals surface area contributed by atoms with Gasteiger partial charge in [0.25, 0.3) is 0 Å². The van der Waals surface area contributed by atoms with E-state index in [2.05, 4.69) is 43.0 Å². The number of Topliss-reactive ketones (excluding diaryl/α,β-unsaturated/α-hetero) is 1. The van der Waals surface area contributed by atoms with Gasteiger partial charge in [-0.25, -0.2) is 4.39 Å². The van der Waals surface area contributed by atoms with Crippen LogP contribution in [0.15, 0.2) is 42.1 Å². The molecule has 280 valence electrons. The van der Waals surface area contributed by atoms with E-state index in [1.807, 2.05) is 25.1 Å². The summed E-state index contributed by atoms with van der Waals surface area (Å²) in [5, 5.41) is 14.4. The number of aliphatic hydroxyl groups excluding tert-OH is 1. The van der Waals surface area contributed by atoms with E-state index in [1.165, 1.54) is 12.1 Å². The second kappa shape index (κ2) is 15.3. The van der Waals surface area contributed by atoms with E-state index in [0.717, 1.165) is 49.8 Å². The van der Waals surface area contributed by atoms with Gasteiger partial charge in [-0.3, -0.25) is 14.6 Å². The van der Waals surface area contributed by atoms with Crippen LogP contribution in [-0.2, 0) is 23.8 Å². The van der Waals surface area contributed by atoms with Crippen LogP contribution in [0.25, 0.3) is 5.70 Å². The van der Waals surface area contributed by atoms with Crippen LogP contribution in [0.5, 0.6) is 0 Å².